The second-order valence-electron chi connectivity index (χ2n) is 6.30. The molecule has 7 heteroatoms. The van der Waals surface area contributed by atoms with Gasteiger partial charge < -0.3 is 14.6 Å². The molecule has 30 heavy (non-hydrogen) atoms. The second kappa shape index (κ2) is 10.3. The number of hydrazone groups is 1. The number of phenols is 1. The molecule has 0 unspecified atom stereocenters. The molecule has 0 aliphatic heterocycles. The Labute approximate surface area is 179 Å². The Kier molecular flexibility index (Phi) is 7.29. The molecule has 2 N–H and O–H groups in total. The van der Waals surface area contributed by atoms with Crippen LogP contribution in [0.15, 0.2) is 71.8 Å². The number of phenolic OH excluding ortho intramolecular Hbond substituents is 1. The summed E-state index contributed by atoms with van der Waals surface area (Å²) in [5, 5.41) is 14.3. The monoisotopic (exact) mass is 424 g/mol. The van der Waals surface area contributed by atoms with E-state index in [-0.39, 0.29) is 11.7 Å². The predicted octanol–water partition coefficient (Wildman–Crippen LogP) is 4.79. The van der Waals surface area contributed by atoms with Gasteiger partial charge in [-0.2, -0.15) is 5.10 Å². The van der Waals surface area contributed by atoms with Crippen molar-refractivity contribution in [1.82, 2.24) is 5.43 Å². The van der Waals surface area contributed by atoms with E-state index in [9.17, 15) is 9.90 Å². The molecule has 0 saturated carbocycles. The van der Waals surface area contributed by atoms with Crippen LogP contribution >= 0.6 is 11.6 Å². The number of nitrogens with one attached hydrogen (secondary N) is 1. The molecular weight excluding hydrogens is 404 g/mol. The number of carbonyl (C=O) groups is 1. The van der Waals surface area contributed by atoms with E-state index in [1.165, 1.54) is 12.3 Å². The Morgan fingerprint density at radius 2 is 1.80 bits per heavy atom. The third-order valence-electron chi connectivity index (χ3n) is 4.10. The number of hydrogen-bond donors (Lipinski definition) is 2. The Balaban J connectivity index is 1.53. The molecule has 3 aromatic carbocycles. The van der Waals surface area contributed by atoms with Gasteiger partial charge in [-0.3, -0.25) is 4.79 Å². The van der Waals surface area contributed by atoms with E-state index in [2.05, 4.69) is 10.5 Å². The Hall–Kier alpha value is -3.51. The highest BCUT2D eigenvalue weighted by molar-refractivity contribution is 6.30. The highest BCUT2D eigenvalue weighted by Gasteiger charge is 2.06. The predicted molar refractivity (Wildman–Crippen MR) is 117 cm³/mol. The summed E-state index contributed by atoms with van der Waals surface area (Å²) in [5.74, 6) is 0.718. The van der Waals surface area contributed by atoms with E-state index in [0.717, 1.165) is 5.56 Å². The van der Waals surface area contributed by atoms with E-state index >= 15 is 0 Å². The van der Waals surface area contributed by atoms with E-state index < -0.39 is 0 Å². The minimum absolute atomic E-state index is 0.0522. The zero-order chi connectivity index (χ0) is 21.3. The summed E-state index contributed by atoms with van der Waals surface area (Å²) in [6, 6.07) is 19.0. The van der Waals surface area contributed by atoms with Crippen molar-refractivity contribution in [2.24, 2.45) is 5.10 Å². The maximum absolute atomic E-state index is 12.2. The summed E-state index contributed by atoms with van der Waals surface area (Å²) in [6.07, 6.45) is 1.48. The summed E-state index contributed by atoms with van der Waals surface area (Å²) >= 11 is 5.87. The van der Waals surface area contributed by atoms with Crippen LogP contribution in [0.25, 0.3) is 0 Å². The topological polar surface area (TPSA) is 80.2 Å². The highest BCUT2D eigenvalue weighted by Crippen LogP contribution is 2.26. The first-order chi connectivity index (χ1) is 14.5. The van der Waals surface area contributed by atoms with E-state index in [1.54, 1.807) is 36.4 Å². The fraction of sp³-hybridized carbons (Fsp3) is 0.130. The molecule has 0 aromatic heterocycles. The third-order valence-corrected chi connectivity index (χ3v) is 4.35. The van der Waals surface area contributed by atoms with Crippen LogP contribution in [0.3, 0.4) is 0 Å². The molecule has 0 heterocycles. The van der Waals surface area contributed by atoms with Crippen LogP contribution in [0.5, 0.6) is 17.2 Å². The Bertz CT molecular complexity index is 1020. The number of benzene rings is 3. The standard InChI is InChI=1S/C23H21ClN2O4/c1-2-29-22-13-17(5-12-21(22)27)14-25-26-23(28)18-6-10-20(11-7-18)30-15-16-3-8-19(24)9-4-16/h3-14,27H,2,15H2,1H3,(H,26,28)/b25-14-. The van der Waals surface area contributed by atoms with Crippen molar-refractivity contribution in [2.75, 3.05) is 6.61 Å². The summed E-state index contributed by atoms with van der Waals surface area (Å²) in [4.78, 5) is 12.2. The lowest BCUT2D eigenvalue weighted by atomic mass is 10.2. The van der Waals surface area contributed by atoms with Gasteiger partial charge in [-0.1, -0.05) is 23.7 Å². The molecule has 6 nitrogen and oxygen atoms in total. The number of nitrogens with zero attached hydrogens (tertiary/aromatic N) is 1. The quantitative estimate of drug-likeness (QED) is 0.402. The average Bonchev–Trinajstić information content (AvgIpc) is 2.76. The molecule has 0 aliphatic carbocycles. The molecule has 0 spiro atoms. The van der Waals surface area contributed by atoms with Crippen LogP contribution < -0.4 is 14.9 Å². The summed E-state index contributed by atoms with van der Waals surface area (Å²) in [6.45, 7) is 2.67. The normalized spacial score (nSPS) is 10.7. The van der Waals surface area contributed by atoms with E-state index in [1.807, 2.05) is 31.2 Å². The van der Waals surface area contributed by atoms with Crippen LogP contribution in [0.2, 0.25) is 5.02 Å². The Morgan fingerprint density at radius 3 is 2.50 bits per heavy atom. The van der Waals surface area contributed by atoms with Gasteiger partial charge >= 0.3 is 0 Å². The summed E-state index contributed by atoms with van der Waals surface area (Å²) in [5.41, 5.74) is 4.60. The third kappa shape index (κ3) is 5.99. The molecule has 0 radical (unpaired) electrons. The van der Waals surface area contributed by atoms with Gasteiger partial charge in [0.25, 0.3) is 5.91 Å². The summed E-state index contributed by atoms with van der Waals surface area (Å²) in [7, 11) is 0. The number of hydrogen-bond acceptors (Lipinski definition) is 5. The Morgan fingerprint density at radius 1 is 1.07 bits per heavy atom. The summed E-state index contributed by atoms with van der Waals surface area (Å²) < 4.78 is 11.0. The number of aromatic hydroxyl groups is 1. The first-order valence-electron chi connectivity index (χ1n) is 9.31. The molecule has 154 valence electrons. The van der Waals surface area contributed by atoms with Gasteiger partial charge in [0, 0.05) is 10.6 Å². The minimum Gasteiger partial charge on any atom is -0.504 e. The van der Waals surface area contributed by atoms with Crippen molar-refractivity contribution in [3.63, 3.8) is 0 Å². The van der Waals surface area contributed by atoms with Gasteiger partial charge in [-0.15, -0.1) is 0 Å². The van der Waals surface area contributed by atoms with Crippen molar-refractivity contribution in [3.05, 3.63) is 88.4 Å². The fourth-order valence-electron chi connectivity index (χ4n) is 2.56. The number of halogens is 1. The zero-order valence-electron chi connectivity index (χ0n) is 16.3. The molecule has 3 rings (SSSR count). The molecule has 0 aliphatic rings. The molecule has 0 atom stereocenters. The maximum atomic E-state index is 12.2. The van der Waals surface area contributed by atoms with Gasteiger partial charge in [-0.05, 0) is 72.6 Å². The van der Waals surface area contributed by atoms with E-state index in [4.69, 9.17) is 21.1 Å². The van der Waals surface area contributed by atoms with Crippen LogP contribution in [0.1, 0.15) is 28.4 Å². The molecule has 0 saturated heterocycles. The minimum atomic E-state index is -0.348. The van der Waals surface area contributed by atoms with Crippen LogP contribution in [0, 0.1) is 0 Å². The van der Waals surface area contributed by atoms with Crippen LogP contribution in [0.4, 0.5) is 0 Å². The largest absolute Gasteiger partial charge is 0.504 e. The highest BCUT2D eigenvalue weighted by atomic mass is 35.5. The maximum Gasteiger partial charge on any atom is 0.271 e. The van der Waals surface area contributed by atoms with Gasteiger partial charge in [0.2, 0.25) is 0 Å². The molecule has 1 amide bonds. The van der Waals surface area contributed by atoms with E-state index in [0.29, 0.717) is 40.9 Å². The number of ether oxygens (including phenoxy) is 2. The molecular formula is C23H21ClN2O4. The van der Waals surface area contributed by atoms with Gasteiger partial charge in [0.15, 0.2) is 11.5 Å². The lowest BCUT2D eigenvalue weighted by Gasteiger charge is -2.07. The zero-order valence-corrected chi connectivity index (χ0v) is 17.1. The number of rotatable bonds is 8. The van der Waals surface area contributed by atoms with Crippen molar-refractivity contribution >= 4 is 23.7 Å². The molecule has 0 bridgehead atoms. The van der Waals surface area contributed by atoms with Crippen LogP contribution in [-0.2, 0) is 6.61 Å². The van der Waals surface area contributed by atoms with Crippen molar-refractivity contribution in [1.29, 1.82) is 0 Å². The SMILES string of the molecule is CCOc1cc(/C=N\NC(=O)c2ccc(OCc3ccc(Cl)cc3)cc2)ccc1O. The smallest absolute Gasteiger partial charge is 0.271 e. The number of amides is 1. The number of carbonyl (C=O) groups excluding carboxylic acids is 1. The van der Waals surface area contributed by atoms with Gasteiger partial charge in [0.1, 0.15) is 12.4 Å². The first-order valence-corrected chi connectivity index (χ1v) is 9.69. The fourth-order valence-corrected chi connectivity index (χ4v) is 2.69. The van der Waals surface area contributed by atoms with Gasteiger partial charge in [-0.25, -0.2) is 5.43 Å². The second-order valence-corrected chi connectivity index (χ2v) is 6.74. The van der Waals surface area contributed by atoms with Crippen LogP contribution in [-0.4, -0.2) is 23.8 Å². The first kappa shape index (κ1) is 21.2. The molecule has 3 aromatic rings. The van der Waals surface area contributed by atoms with Gasteiger partial charge in [0.05, 0.1) is 12.8 Å². The van der Waals surface area contributed by atoms with Crippen molar-refractivity contribution in [3.8, 4) is 17.2 Å². The van der Waals surface area contributed by atoms with Crippen molar-refractivity contribution < 1.29 is 19.4 Å². The lowest BCUT2D eigenvalue weighted by molar-refractivity contribution is 0.0955. The lowest BCUT2D eigenvalue weighted by Crippen LogP contribution is -2.17. The van der Waals surface area contributed by atoms with Crippen molar-refractivity contribution in [2.45, 2.75) is 13.5 Å². The average molecular weight is 425 g/mol. The molecule has 0 fully saturated rings.